The number of halogens is 1. The number of nitrogens with zero attached hydrogens (tertiary/aromatic N) is 2. The summed E-state index contributed by atoms with van der Waals surface area (Å²) in [5.74, 6) is -0.548. The molecule has 2 aromatic carbocycles. The largest absolute Gasteiger partial charge is 0.391 e. The van der Waals surface area contributed by atoms with Crippen LogP contribution in [-0.2, 0) is 0 Å². The Morgan fingerprint density at radius 3 is 2.84 bits per heavy atom. The normalized spacial score (nSPS) is 20.2. The molecule has 1 aromatic heterocycles. The Labute approximate surface area is 144 Å². The fraction of sp³-hybridized carbons (Fsp3) is 0.200. The molecular weight excluding hydrogens is 319 g/mol. The summed E-state index contributed by atoms with van der Waals surface area (Å²) < 4.78 is 13.6. The topological polar surface area (TPSA) is 53.4 Å². The third-order valence-electron chi connectivity index (χ3n) is 4.67. The Kier molecular flexibility index (Phi) is 3.93. The van der Waals surface area contributed by atoms with Gasteiger partial charge in [-0.2, -0.15) is 0 Å². The highest BCUT2D eigenvalue weighted by Crippen LogP contribution is 2.34. The molecule has 0 bridgehead atoms. The van der Waals surface area contributed by atoms with Crippen molar-refractivity contribution in [2.45, 2.75) is 18.6 Å². The number of aliphatic hydroxyl groups is 1. The molecule has 0 unspecified atom stereocenters. The van der Waals surface area contributed by atoms with E-state index < -0.39 is 6.10 Å². The lowest BCUT2D eigenvalue weighted by atomic mass is 10.0. The molecule has 0 aliphatic carbocycles. The minimum Gasteiger partial charge on any atom is -0.391 e. The molecule has 1 amide bonds. The standard InChI is InChI=1S/C20H17FN2O2/c21-15-6-3-5-13(8-15)19-9-16(24)12-23(19)20(25)18-11-22-10-14-4-1-2-7-17(14)18/h1-8,10-11,16,19,24H,9,12H2/t16-,19-/m0/s1. The molecule has 1 N–H and O–H groups in total. The molecule has 2 heterocycles. The first-order valence-corrected chi connectivity index (χ1v) is 8.21. The molecule has 0 saturated carbocycles. The SMILES string of the molecule is O=C(c1cncc2ccccc12)N1C[C@@H](O)C[C@H]1c1cccc(F)c1. The van der Waals surface area contributed by atoms with Gasteiger partial charge in [0.2, 0.25) is 0 Å². The fourth-order valence-corrected chi connectivity index (χ4v) is 3.51. The first kappa shape index (κ1) is 15.7. The first-order chi connectivity index (χ1) is 12.1. The van der Waals surface area contributed by atoms with E-state index >= 15 is 0 Å². The summed E-state index contributed by atoms with van der Waals surface area (Å²) in [6.45, 7) is 0.225. The zero-order valence-corrected chi connectivity index (χ0v) is 13.5. The Morgan fingerprint density at radius 2 is 2.00 bits per heavy atom. The van der Waals surface area contributed by atoms with Crippen LogP contribution in [0.4, 0.5) is 4.39 Å². The second kappa shape index (κ2) is 6.26. The van der Waals surface area contributed by atoms with Gasteiger partial charge in [-0.15, -0.1) is 0 Å². The quantitative estimate of drug-likeness (QED) is 0.781. The molecule has 1 aliphatic heterocycles. The number of likely N-dealkylation sites (tertiary alicyclic amines) is 1. The van der Waals surface area contributed by atoms with Crippen molar-refractivity contribution < 1.29 is 14.3 Å². The molecule has 5 heteroatoms. The van der Waals surface area contributed by atoms with Crippen LogP contribution < -0.4 is 0 Å². The summed E-state index contributed by atoms with van der Waals surface area (Å²) in [5, 5.41) is 11.8. The molecule has 25 heavy (non-hydrogen) atoms. The number of benzene rings is 2. The second-order valence-corrected chi connectivity index (χ2v) is 6.33. The summed E-state index contributed by atoms with van der Waals surface area (Å²) in [6, 6.07) is 13.4. The van der Waals surface area contributed by atoms with Crippen LogP contribution in [0.25, 0.3) is 10.8 Å². The number of aliphatic hydroxyl groups excluding tert-OH is 1. The molecule has 2 atom stereocenters. The summed E-state index contributed by atoms with van der Waals surface area (Å²) in [7, 11) is 0. The van der Waals surface area contributed by atoms with Gasteiger partial charge in [0.15, 0.2) is 0 Å². The minimum atomic E-state index is -0.625. The highest BCUT2D eigenvalue weighted by atomic mass is 19.1. The lowest BCUT2D eigenvalue weighted by Gasteiger charge is -2.25. The number of carbonyl (C=O) groups excluding carboxylic acids is 1. The lowest BCUT2D eigenvalue weighted by Crippen LogP contribution is -2.32. The van der Waals surface area contributed by atoms with Crippen LogP contribution in [0, 0.1) is 5.82 Å². The van der Waals surface area contributed by atoms with E-state index in [1.807, 2.05) is 24.3 Å². The third kappa shape index (κ3) is 2.87. The Balaban J connectivity index is 1.75. The molecule has 1 saturated heterocycles. The van der Waals surface area contributed by atoms with E-state index in [1.165, 1.54) is 12.1 Å². The number of hydrogen-bond acceptors (Lipinski definition) is 3. The summed E-state index contributed by atoms with van der Waals surface area (Å²) in [6.07, 6.45) is 3.04. The van der Waals surface area contributed by atoms with E-state index in [4.69, 9.17) is 0 Å². The highest BCUT2D eigenvalue weighted by molar-refractivity contribution is 6.06. The van der Waals surface area contributed by atoms with E-state index in [0.29, 0.717) is 17.5 Å². The number of amides is 1. The zero-order valence-electron chi connectivity index (χ0n) is 13.5. The van der Waals surface area contributed by atoms with Gasteiger partial charge in [0.25, 0.3) is 5.91 Å². The van der Waals surface area contributed by atoms with Gasteiger partial charge in [-0.05, 0) is 29.5 Å². The predicted octanol–water partition coefficient (Wildman–Crippen LogP) is 3.32. The maximum Gasteiger partial charge on any atom is 0.256 e. The van der Waals surface area contributed by atoms with Gasteiger partial charge >= 0.3 is 0 Å². The predicted molar refractivity (Wildman–Crippen MR) is 92.5 cm³/mol. The minimum absolute atomic E-state index is 0.199. The van der Waals surface area contributed by atoms with Gasteiger partial charge in [0, 0.05) is 24.3 Å². The number of fused-ring (bicyclic) bond motifs is 1. The van der Waals surface area contributed by atoms with Crippen LogP contribution >= 0.6 is 0 Å². The number of β-amino-alcohol motifs (C(OH)–C–C–N with tert-alkyl or cyclic N) is 1. The van der Waals surface area contributed by atoms with Crippen LogP contribution in [0.5, 0.6) is 0 Å². The average Bonchev–Trinajstić information content (AvgIpc) is 3.02. The Hall–Kier alpha value is -2.79. The van der Waals surface area contributed by atoms with Gasteiger partial charge in [0.05, 0.1) is 17.7 Å². The summed E-state index contributed by atoms with van der Waals surface area (Å²) >= 11 is 0. The second-order valence-electron chi connectivity index (χ2n) is 6.33. The van der Waals surface area contributed by atoms with Crippen molar-refractivity contribution in [1.29, 1.82) is 0 Å². The summed E-state index contributed by atoms with van der Waals surface area (Å²) in [4.78, 5) is 18.9. The summed E-state index contributed by atoms with van der Waals surface area (Å²) in [5.41, 5.74) is 1.19. The Bertz CT molecular complexity index is 938. The molecular formula is C20H17FN2O2. The smallest absolute Gasteiger partial charge is 0.256 e. The third-order valence-corrected chi connectivity index (χ3v) is 4.67. The number of pyridine rings is 1. The zero-order chi connectivity index (χ0) is 17.4. The van der Waals surface area contributed by atoms with E-state index in [2.05, 4.69) is 4.98 Å². The van der Waals surface area contributed by atoms with Crippen molar-refractivity contribution in [3.05, 3.63) is 77.9 Å². The molecule has 126 valence electrons. The molecule has 4 nitrogen and oxygen atoms in total. The van der Waals surface area contributed by atoms with Crippen LogP contribution in [-0.4, -0.2) is 33.5 Å². The molecule has 1 fully saturated rings. The molecule has 3 aromatic rings. The fourth-order valence-electron chi connectivity index (χ4n) is 3.51. The lowest BCUT2D eigenvalue weighted by molar-refractivity contribution is 0.0717. The molecule has 0 radical (unpaired) electrons. The number of hydrogen-bond donors (Lipinski definition) is 1. The highest BCUT2D eigenvalue weighted by Gasteiger charge is 2.36. The Morgan fingerprint density at radius 1 is 1.16 bits per heavy atom. The maximum absolute atomic E-state index is 13.6. The van der Waals surface area contributed by atoms with E-state index in [9.17, 15) is 14.3 Å². The molecule has 4 rings (SSSR count). The van der Waals surface area contributed by atoms with Gasteiger partial charge in [-0.25, -0.2) is 4.39 Å². The van der Waals surface area contributed by atoms with Gasteiger partial charge in [-0.1, -0.05) is 36.4 Å². The van der Waals surface area contributed by atoms with Crippen molar-refractivity contribution in [2.75, 3.05) is 6.54 Å². The van der Waals surface area contributed by atoms with Crippen LogP contribution in [0.1, 0.15) is 28.4 Å². The number of carbonyl (C=O) groups is 1. The van der Waals surface area contributed by atoms with Crippen molar-refractivity contribution in [2.24, 2.45) is 0 Å². The van der Waals surface area contributed by atoms with Crippen molar-refractivity contribution in [1.82, 2.24) is 9.88 Å². The van der Waals surface area contributed by atoms with E-state index in [1.54, 1.807) is 29.4 Å². The van der Waals surface area contributed by atoms with Crippen LogP contribution in [0.3, 0.4) is 0 Å². The van der Waals surface area contributed by atoms with Gasteiger partial charge in [-0.3, -0.25) is 9.78 Å². The van der Waals surface area contributed by atoms with Crippen LogP contribution in [0.2, 0.25) is 0 Å². The van der Waals surface area contributed by atoms with E-state index in [0.717, 1.165) is 10.8 Å². The molecule has 0 spiro atoms. The van der Waals surface area contributed by atoms with Crippen LogP contribution in [0.15, 0.2) is 60.9 Å². The number of aromatic nitrogens is 1. The van der Waals surface area contributed by atoms with Gasteiger partial charge < -0.3 is 10.0 Å². The monoisotopic (exact) mass is 336 g/mol. The number of rotatable bonds is 2. The first-order valence-electron chi connectivity index (χ1n) is 8.21. The maximum atomic E-state index is 13.6. The van der Waals surface area contributed by atoms with Crippen molar-refractivity contribution in [3.8, 4) is 0 Å². The average molecular weight is 336 g/mol. The van der Waals surface area contributed by atoms with E-state index in [-0.39, 0.29) is 24.3 Å². The van der Waals surface area contributed by atoms with Gasteiger partial charge in [0.1, 0.15) is 5.82 Å². The molecule has 1 aliphatic rings. The van der Waals surface area contributed by atoms with Crippen molar-refractivity contribution in [3.63, 3.8) is 0 Å². The van der Waals surface area contributed by atoms with Crippen molar-refractivity contribution >= 4 is 16.7 Å².